The summed E-state index contributed by atoms with van der Waals surface area (Å²) in [6.07, 6.45) is 1.65. The van der Waals surface area contributed by atoms with E-state index in [1.54, 1.807) is 24.4 Å². The van der Waals surface area contributed by atoms with Gasteiger partial charge in [-0.15, -0.1) is 0 Å². The molecule has 1 aromatic heterocycles. The molecule has 0 fully saturated rings. The van der Waals surface area contributed by atoms with E-state index in [1.165, 1.54) is 0 Å². The molecule has 3 rings (SSSR count). The highest BCUT2D eigenvalue weighted by Gasteiger charge is 2.15. The van der Waals surface area contributed by atoms with E-state index in [-0.39, 0.29) is 12.4 Å². The molecule has 110 valence electrons. The van der Waals surface area contributed by atoms with Crippen LogP contribution in [0.15, 0.2) is 54.7 Å². The fourth-order valence-electron chi connectivity index (χ4n) is 2.21. The molecular formula is C17H12INO3. The second-order valence-corrected chi connectivity index (χ2v) is 6.00. The molecule has 0 aliphatic carbocycles. The number of ether oxygens (including phenoxy) is 1. The number of Topliss-reactive ketones (excluding diaryl/α,β-unsaturated/α-hetero) is 1. The molecule has 0 atom stereocenters. The second kappa shape index (κ2) is 6.31. The standard InChI is InChI=1S/C17H12INO3/c18-12-5-3-4-11(8-12)17(21)22-10-16(20)14-9-19-15-7-2-1-6-13(14)15/h1-9,19H,10H2. The first-order valence-corrected chi connectivity index (χ1v) is 7.75. The summed E-state index contributed by atoms with van der Waals surface area (Å²) in [6, 6.07) is 14.6. The fourth-order valence-corrected chi connectivity index (χ4v) is 2.75. The third-order valence-electron chi connectivity index (χ3n) is 3.28. The Morgan fingerprint density at radius 2 is 1.91 bits per heavy atom. The van der Waals surface area contributed by atoms with Crippen molar-refractivity contribution in [3.63, 3.8) is 0 Å². The summed E-state index contributed by atoms with van der Waals surface area (Å²) in [5, 5.41) is 0.831. The van der Waals surface area contributed by atoms with Gasteiger partial charge in [-0.3, -0.25) is 4.79 Å². The Morgan fingerprint density at radius 1 is 1.09 bits per heavy atom. The topological polar surface area (TPSA) is 59.2 Å². The zero-order valence-electron chi connectivity index (χ0n) is 11.5. The van der Waals surface area contributed by atoms with Crippen LogP contribution in [0.5, 0.6) is 0 Å². The lowest BCUT2D eigenvalue weighted by atomic mass is 10.1. The van der Waals surface area contributed by atoms with Gasteiger partial charge in [-0.25, -0.2) is 4.79 Å². The van der Waals surface area contributed by atoms with E-state index in [2.05, 4.69) is 27.6 Å². The van der Waals surface area contributed by atoms with Gasteiger partial charge in [0.15, 0.2) is 6.61 Å². The Morgan fingerprint density at radius 3 is 2.73 bits per heavy atom. The first kappa shape index (κ1) is 14.8. The third kappa shape index (κ3) is 3.04. The SMILES string of the molecule is O=C(OCC(=O)c1c[nH]c2ccccc12)c1cccc(I)c1. The van der Waals surface area contributed by atoms with Gasteiger partial charge in [-0.2, -0.15) is 0 Å². The monoisotopic (exact) mass is 405 g/mol. The average molecular weight is 405 g/mol. The van der Waals surface area contributed by atoms with Crippen LogP contribution in [-0.2, 0) is 4.74 Å². The van der Waals surface area contributed by atoms with Crippen LogP contribution in [0.4, 0.5) is 0 Å². The number of para-hydroxylation sites is 1. The minimum atomic E-state index is -0.494. The maximum absolute atomic E-state index is 12.2. The Labute approximate surface area is 140 Å². The molecular weight excluding hydrogens is 393 g/mol. The number of aromatic nitrogens is 1. The number of carbonyl (C=O) groups is 2. The van der Waals surface area contributed by atoms with Crippen LogP contribution in [0.1, 0.15) is 20.7 Å². The number of hydrogen-bond donors (Lipinski definition) is 1. The van der Waals surface area contributed by atoms with E-state index < -0.39 is 5.97 Å². The summed E-state index contributed by atoms with van der Waals surface area (Å²) in [5.74, 6) is -0.719. The normalized spacial score (nSPS) is 10.6. The lowest BCUT2D eigenvalue weighted by Crippen LogP contribution is -2.14. The van der Waals surface area contributed by atoms with Gasteiger partial charge < -0.3 is 9.72 Å². The molecule has 1 heterocycles. The molecule has 5 heteroatoms. The molecule has 0 spiro atoms. The fraction of sp³-hybridized carbons (Fsp3) is 0.0588. The van der Waals surface area contributed by atoms with Crippen molar-refractivity contribution < 1.29 is 14.3 Å². The molecule has 0 radical (unpaired) electrons. The molecule has 3 aromatic rings. The van der Waals surface area contributed by atoms with Gasteiger partial charge in [0.1, 0.15) is 0 Å². The molecule has 0 aliphatic rings. The molecule has 4 nitrogen and oxygen atoms in total. The zero-order valence-corrected chi connectivity index (χ0v) is 13.7. The third-order valence-corrected chi connectivity index (χ3v) is 3.96. The Kier molecular flexibility index (Phi) is 4.24. The molecule has 0 bridgehead atoms. The summed E-state index contributed by atoms with van der Waals surface area (Å²) in [7, 11) is 0. The number of aromatic amines is 1. The van der Waals surface area contributed by atoms with E-state index in [9.17, 15) is 9.59 Å². The minimum absolute atomic E-state index is 0.226. The first-order chi connectivity index (χ1) is 10.6. The lowest BCUT2D eigenvalue weighted by molar-refractivity contribution is 0.0475. The highest BCUT2D eigenvalue weighted by atomic mass is 127. The van der Waals surface area contributed by atoms with Crippen LogP contribution in [0.25, 0.3) is 10.9 Å². The molecule has 0 unspecified atom stereocenters. The molecule has 2 aromatic carbocycles. The predicted octanol–water partition coefficient (Wildman–Crippen LogP) is 3.81. The van der Waals surface area contributed by atoms with Gasteiger partial charge >= 0.3 is 5.97 Å². The maximum Gasteiger partial charge on any atom is 0.338 e. The van der Waals surface area contributed by atoms with Gasteiger partial charge in [0, 0.05) is 26.2 Å². The number of halogens is 1. The Hall–Kier alpha value is -2.15. The van der Waals surface area contributed by atoms with Crippen molar-refractivity contribution in [2.24, 2.45) is 0 Å². The van der Waals surface area contributed by atoms with Crippen molar-refractivity contribution in [2.45, 2.75) is 0 Å². The predicted molar refractivity (Wildman–Crippen MR) is 92.1 cm³/mol. The number of fused-ring (bicyclic) bond motifs is 1. The minimum Gasteiger partial charge on any atom is -0.454 e. The van der Waals surface area contributed by atoms with Crippen molar-refractivity contribution in [3.8, 4) is 0 Å². The zero-order chi connectivity index (χ0) is 15.5. The highest BCUT2D eigenvalue weighted by molar-refractivity contribution is 14.1. The highest BCUT2D eigenvalue weighted by Crippen LogP contribution is 2.18. The van der Waals surface area contributed by atoms with Crippen LogP contribution in [0, 0.1) is 3.57 Å². The number of nitrogens with one attached hydrogen (secondary N) is 1. The number of hydrogen-bond acceptors (Lipinski definition) is 3. The number of benzene rings is 2. The maximum atomic E-state index is 12.2. The number of H-pyrrole nitrogens is 1. The van der Waals surface area contributed by atoms with Gasteiger partial charge in [0.25, 0.3) is 0 Å². The van der Waals surface area contributed by atoms with Crippen LogP contribution in [0.2, 0.25) is 0 Å². The largest absolute Gasteiger partial charge is 0.454 e. The molecule has 0 saturated carbocycles. The number of rotatable bonds is 4. The van der Waals surface area contributed by atoms with Gasteiger partial charge in [0.2, 0.25) is 5.78 Å². The number of esters is 1. The Balaban J connectivity index is 1.71. The molecule has 0 amide bonds. The quantitative estimate of drug-likeness (QED) is 0.408. The molecule has 22 heavy (non-hydrogen) atoms. The summed E-state index contributed by atoms with van der Waals surface area (Å²) >= 11 is 2.12. The van der Waals surface area contributed by atoms with Gasteiger partial charge in [0.05, 0.1) is 5.56 Å². The van der Waals surface area contributed by atoms with Crippen molar-refractivity contribution in [1.82, 2.24) is 4.98 Å². The molecule has 1 N–H and O–H groups in total. The molecule has 0 aliphatic heterocycles. The van der Waals surface area contributed by atoms with E-state index in [4.69, 9.17) is 4.74 Å². The van der Waals surface area contributed by atoms with E-state index in [0.717, 1.165) is 14.5 Å². The second-order valence-electron chi connectivity index (χ2n) is 4.76. The van der Waals surface area contributed by atoms with E-state index in [0.29, 0.717) is 11.1 Å². The molecule has 0 saturated heterocycles. The summed E-state index contributed by atoms with van der Waals surface area (Å²) < 4.78 is 6.05. The average Bonchev–Trinajstić information content (AvgIpc) is 2.96. The summed E-state index contributed by atoms with van der Waals surface area (Å²) in [6.45, 7) is -0.272. The smallest absolute Gasteiger partial charge is 0.338 e. The Bertz CT molecular complexity index is 854. The van der Waals surface area contributed by atoms with Crippen molar-refractivity contribution in [3.05, 3.63) is 69.4 Å². The van der Waals surface area contributed by atoms with Gasteiger partial charge in [-0.05, 0) is 46.9 Å². The summed E-state index contributed by atoms with van der Waals surface area (Å²) in [5.41, 5.74) is 1.86. The van der Waals surface area contributed by atoms with E-state index >= 15 is 0 Å². The van der Waals surface area contributed by atoms with E-state index in [1.807, 2.05) is 30.3 Å². The van der Waals surface area contributed by atoms with Crippen molar-refractivity contribution >= 4 is 45.2 Å². The number of carbonyl (C=O) groups excluding carboxylic acids is 2. The van der Waals surface area contributed by atoms with Crippen molar-refractivity contribution in [1.29, 1.82) is 0 Å². The van der Waals surface area contributed by atoms with Gasteiger partial charge in [-0.1, -0.05) is 24.3 Å². The van der Waals surface area contributed by atoms with Crippen LogP contribution < -0.4 is 0 Å². The van der Waals surface area contributed by atoms with Crippen LogP contribution in [-0.4, -0.2) is 23.3 Å². The lowest BCUT2D eigenvalue weighted by Gasteiger charge is -2.04. The first-order valence-electron chi connectivity index (χ1n) is 6.67. The van der Waals surface area contributed by atoms with Crippen LogP contribution in [0.3, 0.4) is 0 Å². The summed E-state index contributed by atoms with van der Waals surface area (Å²) in [4.78, 5) is 27.2. The van der Waals surface area contributed by atoms with Crippen LogP contribution >= 0.6 is 22.6 Å². The van der Waals surface area contributed by atoms with Crippen molar-refractivity contribution in [2.75, 3.05) is 6.61 Å². The number of ketones is 1.